The molecule has 4 heterocycles. The van der Waals surface area contributed by atoms with Crippen molar-refractivity contribution in [1.82, 2.24) is 0 Å². The van der Waals surface area contributed by atoms with E-state index in [9.17, 15) is 25.5 Å². The minimum absolute atomic E-state index is 0.00696. The van der Waals surface area contributed by atoms with E-state index in [-0.39, 0.29) is 47.7 Å². The quantitative estimate of drug-likeness (QED) is 0.283. The molecule has 0 aromatic heterocycles. The fourth-order valence-electron chi connectivity index (χ4n) is 6.15. The summed E-state index contributed by atoms with van der Waals surface area (Å²) in [5.74, 6) is 1.07. The molecule has 5 N–H and O–H groups in total. The summed E-state index contributed by atoms with van der Waals surface area (Å²) in [7, 11) is 4.24. The number of phenols is 1. The minimum Gasteiger partial charge on any atom is -0.504 e. The summed E-state index contributed by atoms with van der Waals surface area (Å²) < 4.78 is 51.7. The van der Waals surface area contributed by atoms with E-state index in [2.05, 4.69) is 0 Å². The van der Waals surface area contributed by atoms with Crippen LogP contribution < -0.4 is 28.4 Å². The third kappa shape index (κ3) is 4.63. The molecule has 230 valence electrons. The molecule has 0 saturated carbocycles. The van der Waals surface area contributed by atoms with Gasteiger partial charge in [-0.1, -0.05) is 0 Å². The third-order valence-electron chi connectivity index (χ3n) is 8.27. The van der Waals surface area contributed by atoms with Crippen molar-refractivity contribution in [2.24, 2.45) is 11.8 Å². The number of aliphatic hydroxyl groups is 4. The molecule has 2 aromatic rings. The smallest absolute Gasteiger partial charge is 0.231 e. The van der Waals surface area contributed by atoms with Crippen LogP contribution in [-0.2, 0) is 14.2 Å². The molecule has 0 amide bonds. The summed E-state index contributed by atoms with van der Waals surface area (Å²) in [6.45, 7) is 0.0845. The zero-order valence-electron chi connectivity index (χ0n) is 23.2. The molecule has 14 heteroatoms. The van der Waals surface area contributed by atoms with Gasteiger partial charge >= 0.3 is 0 Å². The van der Waals surface area contributed by atoms with Crippen molar-refractivity contribution in [3.63, 3.8) is 0 Å². The number of aromatic hydroxyl groups is 1. The number of phenolic OH excluding ortho intramolecular Hbond substituents is 1. The second kappa shape index (κ2) is 11.4. The number of aliphatic hydroxyl groups excluding tert-OH is 4. The van der Waals surface area contributed by atoms with Crippen molar-refractivity contribution in [3.05, 3.63) is 29.3 Å². The summed E-state index contributed by atoms with van der Waals surface area (Å²) in [5.41, 5.74) is 1.20. The second-order valence-electron chi connectivity index (χ2n) is 10.5. The van der Waals surface area contributed by atoms with Crippen molar-refractivity contribution in [2.75, 3.05) is 47.9 Å². The second-order valence-corrected chi connectivity index (χ2v) is 10.5. The van der Waals surface area contributed by atoms with Gasteiger partial charge in [0.15, 0.2) is 23.0 Å². The summed E-state index contributed by atoms with van der Waals surface area (Å²) in [6, 6.07) is 5.13. The Bertz CT molecular complexity index is 1300. The molecule has 2 aromatic carbocycles. The van der Waals surface area contributed by atoms with Crippen LogP contribution in [0.4, 0.5) is 0 Å². The number of ether oxygens (including phenoxy) is 9. The summed E-state index contributed by atoms with van der Waals surface area (Å²) in [6.07, 6.45) is -8.64. The lowest BCUT2D eigenvalue weighted by Gasteiger charge is -2.40. The van der Waals surface area contributed by atoms with Gasteiger partial charge in [-0.25, -0.2) is 0 Å². The predicted octanol–water partition coefficient (Wildman–Crippen LogP) is 0.401. The largest absolute Gasteiger partial charge is 0.504 e. The number of benzene rings is 2. The first-order valence-corrected chi connectivity index (χ1v) is 13.5. The van der Waals surface area contributed by atoms with E-state index >= 15 is 0 Å². The summed E-state index contributed by atoms with van der Waals surface area (Å²) in [4.78, 5) is 0. The Morgan fingerprint density at radius 1 is 0.810 bits per heavy atom. The highest BCUT2D eigenvalue weighted by atomic mass is 16.7. The highest BCUT2D eigenvalue weighted by Crippen LogP contribution is 2.57. The first kappa shape index (κ1) is 28.9. The van der Waals surface area contributed by atoms with Crippen LogP contribution in [0.5, 0.6) is 40.2 Å². The molecule has 0 spiro atoms. The molecule has 42 heavy (non-hydrogen) atoms. The molecular weight excluding hydrogens is 560 g/mol. The highest BCUT2D eigenvalue weighted by molar-refractivity contribution is 5.63. The standard InChI is InChI=1S/C28H34O14/c1-34-16-4-11(5-17-26(16)40-10-39-17)22-13-8-38-23(14(13)9-37-22)12-6-15(30)25(35-2)27(36-3)24(12)42-28-21(33)20(32)19(31)18(7-29)41-28/h4-6,13-14,18-23,28-33H,7-10H2,1-3H3/t13-,14-,18+,19+,20-,21+,22+,23+,28-/m0/s1. The van der Waals surface area contributed by atoms with Gasteiger partial charge in [-0.05, 0) is 23.8 Å². The number of hydrogen-bond acceptors (Lipinski definition) is 14. The first-order valence-electron chi connectivity index (χ1n) is 13.5. The number of fused-ring (bicyclic) bond motifs is 2. The van der Waals surface area contributed by atoms with Crippen LogP contribution in [0.25, 0.3) is 0 Å². The fraction of sp³-hybridized carbons (Fsp3) is 0.571. The molecule has 6 rings (SSSR count). The minimum atomic E-state index is -1.68. The van der Waals surface area contributed by atoms with Crippen LogP contribution in [-0.4, -0.2) is 104 Å². The van der Waals surface area contributed by atoms with Crippen molar-refractivity contribution in [2.45, 2.75) is 42.9 Å². The van der Waals surface area contributed by atoms with E-state index in [0.717, 1.165) is 5.56 Å². The molecule has 0 radical (unpaired) electrons. The Morgan fingerprint density at radius 2 is 1.52 bits per heavy atom. The maximum Gasteiger partial charge on any atom is 0.231 e. The molecule has 0 aliphatic carbocycles. The average molecular weight is 595 g/mol. The molecule has 3 saturated heterocycles. The molecular formula is C28H34O14. The van der Waals surface area contributed by atoms with E-state index in [0.29, 0.717) is 36.0 Å². The highest BCUT2D eigenvalue weighted by Gasteiger charge is 2.51. The Kier molecular flexibility index (Phi) is 7.87. The zero-order valence-corrected chi connectivity index (χ0v) is 23.2. The van der Waals surface area contributed by atoms with Crippen LogP contribution in [0.1, 0.15) is 23.3 Å². The van der Waals surface area contributed by atoms with Gasteiger partial charge in [-0.15, -0.1) is 0 Å². The molecule has 0 bridgehead atoms. The van der Waals surface area contributed by atoms with Crippen molar-refractivity contribution < 1.29 is 68.2 Å². The molecule has 4 aliphatic rings. The lowest BCUT2D eigenvalue weighted by molar-refractivity contribution is -0.277. The molecule has 4 aliphatic heterocycles. The normalized spacial score (nSPS) is 33.4. The van der Waals surface area contributed by atoms with Gasteiger partial charge in [-0.2, -0.15) is 0 Å². The maximum absolute atomic E-state index is 10.8. The van der Waals surface area contributed by atoms with E-state index in [1.165, 1.54) is 20.3 Å². The van der Waals surface area contributed by atoms with Gasteiger partial charge in [-0.3, -0.25) is 0 Å². The number of rotatable bonds is 8. The summed E-state index contributed by atoms with van der Waals surface area (Å²) >= 11 is 0. The SMILES string of the molecule is COc1cc([C@H]2OC[C@H]3[C@@H]2CO[C@@H]3c2cc(O)c(OC)c(OC)c2O[C@@H]2O[C@H](CO)[C@@H](O)[C@H](O)[C@H]2O)cc2c1OCO2. The lowest BCUT2D eigenvalue weighted by atomic mass is 9.84. The van der Waals surface area contributed by atoms with Gasteiger partial charge in [0.1, 0.15) is 24.4 Å². The average Bonchev–Trinajstić information content (AvgIpc) is 3.74. The number of hydrogen-bond donors (Lipinski definition) is 5. The number of methoxy groups -OCH3 is 3. The lowest BCUT2D eigenvalue weighted by Crippen LogP contribution is -2.60. The van der Waals surface area contributed by atoms with Crippen LogP contribution in [0.3, 0.4) is 0 Å². The van der Waals surface area contributed by atoms with Crippen LogP contribution >= 0.6 is 0 Å². The van der Waals surface area contributed by atoms with Crippen LogP contribution in [0, 0.1) is 11.8 Å². The molecule has 0 unspecified atom stereocenters. The van der Waals surface area contributed by atoms with Crippen molar-refractivity contribution in [3.8, 4) is 40.2 Å². The van der Waals surface area contributed by atoms with Crippen LogP contribution in [0.15, 0.2) is 18.2 Å². The van der Waals surface area contributed by atoms with E-state index in [4.69, 9.17) is 42.6 Å². The molecule has 14 nitrogen and oxygen atoms in total. The Hall–Kier alpha value is -3.24. The Labute approximate surface area is 240 Å². The van der Waals surface area contributed by atoms with E-state index in [1.807, 2.05) is 12.1 Å². The summed E-state index contributed by atoms with van der Waals surface area (Å²) in [5, 5.41) is 51.7. The molecule has 3 fully saturated rings. The third-order valence-corrected chi connectivity index (χ3v) is 8.27. The monoisotopic (exact) mass is 594 g/mol. The van der Waals surface area contributed by atoms with Crippen molar-refractivity contribution in [1.29, 1.82) is 0 Å². The zero-order chi connectivity index (χ0) is 29.7. The van der Waals surface area contributed by atoms with Crippen molar-refractivity contribution >= 4 is 0 Å². The maximum atomic E-state index is 10.8. The van der Waals surface area contributed by atoms with Gasteiger partial charge < -0.3 is 68.2 Å². The van der Waals surface area contributed by atoms with E-state index in [1.54, 1.807) is 7.11 Å². The predicted molar refractivity (Wildman–Crippen MR) is 139 cm³/mol. The van der Waals surface area contributed by atoms with Gasteiger partial charge in [0, 0.05) is 17.4 Å². The Balaban J connectivity index is 1.34. The fourth-order valence-corrected chi connectivity index (χ4v) is 6.15. The van der Waals surface area contributed by atoms with Gasteiger partial charge in [0.25, 0.3) is 0 Å². The first-order chi connectivity index (χ1) is 20.3. The van der Waals surface area contributed by atoms with E-state index < -0.39 is 43.4 Å². The molecule has 9 atom stereocenters. The van der Waals surface area contributed by atoms with Gasteiger partial charge in [0.05, 0.1) is 53.4 Å². The Morgan fingerprint density at radius 3 is 2.21 bits per heavy atom. The topological polar surface area (TPSA) is 184 Å². The van der Waals surface area contributed by atoms with Crippen LogP contribution in [0.2, 0.25) is 0 Å². The van der Waals surface area contributed by atoms with Gasteiger partial charge in [0.2, 0.25) is 30.3 Å².